The SMILES string of the molecule is CC(C)(C)OC(=O)CCC(CO)NC(=O)c1cccc(CNC(=O)C2=CC3OC4(Cc5ccccc5C4)OC3C(OC(=O)c3cccc(C=CCc4ccccc4O)c3)C2)c1. The topological polar surface area (TPSA) is 170 Å². The second-order valence-electron chi connectivity index (χ2n) is 16.8. The van der Waals surface area contributed by atoms with E-state index in [0.717, 1.165) is 22.3 Å². The van der Waals surface area contributed by atoms with Gasteiger partial charge in [0.2, 0.25) is 5.91 Å². The molecule has 3 aliphatic rings. The Bertz CT molecular complexity index is 2300. The van der Waals surface area contributed by atoms with Crippen LogP contribution in [0.4, 0.5) is 0 Å². The van der Waals surface area contributed by atoms with Crippen LogP contribution in [-0.4, -0.2) is 76.3 Å². The molecule has 1 spiro atoms. The molecule has 0 bridgehead atoms. The van der Waals surface area contributed by atoms with E-state index in [2.05, 4.69) is 10.6 Å². The number of allylic oxidation sites excluding steroid dienone is 1. The highest BCUT2D eigenvalue weighted by Crippen LogP contribution is 2.45. The minimum Gasteiger partial charge on any atom is -0.508 e. The van der Waals surface area contributed by atoms with Crippen LogP contribution < -0.4 is 10.6 Å². The lowest BCUT2D eigenvalue weighted by Gasteiger charge is -2.30. The van der Waals surface area contributed by atoms with Crippen LogP contribution in [0.3, 0.4) is 0 Å². The Hall–Kier alpha value is -6.08. The highest BCUT2D eigenvalue weighted by Gasteiger charge is 2.55. The second kappa shape index (κ2) is 18.7. The average Bonchev–Trinajstić information content (AvgIpc) is 3.79. The van der Waals surface area contributed by atoms with Gasteiger partial charge < -0.3 is 39.8 Å². The Labute approximate surface area is 355 Å². The Kier molecular flexibility index (Phi) is 13.2. The first-order valence-electron chi connectivity index (χ1n) is 20.6. The first-order valence-corrected chi connectivity index (χ1v) is 20.6. The van der Waals surface area contributed by atoms with Crippen LogP contribution in [0.15, 0.2) is 115 Å². The normalized spacial score (nSPS) is 19.4. The molecule has 0 radical (unpaired) electrons. The number of benzene rings is 4. The van der Waals surface area contributed by atoms with E-state index in [1.807, 2.05) is 54.6 Å². The lowest BCUT2D eigenvalue weighted by molar-refractivity contribution is -0.172. The van der Waals surface area contributed by atoms with Crippen molar-refractivity contribution in [3.8, 4) is 5.75 Å². The first kappa shape index (κ1) is 43.0. The number of phenols is 1. The summed E-state index contributed by atoms with van der Waals surface area (Å²) in [6.07, 6.45) is 5.27. The van der Waals surface area contributed by atoms with Gasteiger partial charge in [0.25, 0.3) is 5.91 Å². The van der Waals surface area contributed by atoms with Crippen molar-refractivity contribution in [1.82, 2.24) is 10.6 Å². The molecule has 1 fully saturated rings. The fourth-order valence-corrected chi connectivity index (χ4v) is 7.92. The maximum atomic E-state index is 13.9. The fourth-order valence-electron chi connectivity index (χ4n) is 7.92. The summed E-state index contributed by atoms with van der Waals surface area (Å²) in [5.41, 5.74) is 4.86. The van der Waals surface area contributed by atoms with Crippen molar-refractivity contribution in [2.24, 2.45) is 0 Å². The number of para-hydroxylation sites is 1. The zero-order valence-electron chi connectivity index (χ0n) is 34.6. The molecule has 4 unspecified atom stereocenters. The zero-order chi connectivity index (χ0) is 43.1. The van der Waals surface area contributed by atoms with Crippen LogP contribution in [0.2, 0.25) is 0 Å². The molecule has 4 atom stereocenters. The number of aromatic hydroxyl groups is 1. The van der Waals surface area contributed by atoms with Crippen molar-refractivity contribution in [3.05, 3.63) is 154 Å². The lowest BCUT2D eigenvalue weighted by atomic mass is 9.91. The summed E-state index contributed by atoms with van der Waals surface area (Å²) >= 11 is 0. The zero-order valence-corrected chi connectivity index (χ0v) is 34.6. The maximum Gasteiger partial charge on any atom is 0.338 e. The molecule has 4 aromatic carbocycles. The highest BCUT2D eigenvalue weighted by atomic mass is 16.8. The lowest BCUT2D eigenvalue weighted by Crippen LogP contribution is -2.43. The minimum absolute atomic E-state index is 0.0336. The van der Waals surface area contributed by atoms with Gasteiger partial charge in [-0.2, -0.15) is 0 Å². The molecule has 2 aliphatic carbocycles. The summed E-state index contributed by atoms with van der Waals surface area (Å²) in [7, 11) is 0. The quantitative estimate of drug-likeness (QED) is 0.106. The summed E-state index contributed by atoms with van der Waals surface area (Å²) < 4.78 is 24.8. The van der Waals surface area contributed by atoms with Gasteiger partial charge >= 0.3 is 11.9 Å². The summed E-state index contributed by atoms with van der Waals surface area (Å²) in [6, 6.07) is 28.3. The van der Waals surface area contributed by atoms with Gasteiger partial charge in [-0.25, -0.2) is 4.79 Å². The summed E-state index contributed by atoms with van der Waals surface area (Å²) in [5, 5.41) is 25.7. The average molecular weight is 829 g/mol. The van der Waals surface area contributed by atoms with Crippen molar-refractivity contribution in [2.75, 3.05) is 6.61 Å². The van der Waals surface area contributed by atoms with Gasteiger partial charge in [0.1, 0.15) is 29.7 Å². The molecule has 61 heavy (non-hydrogen) atoms. The molecule has 4 aromatic rings. The number of hydrogen-bond donors (Lipinski definition) is 4. The van der Waals surface area contributed by atoms with Crippen molar-refractivity contribution in [3.63, 3.8) is 0 Å². The molecular weight excluding hydrogens is 777 g/mol. The van der Waals surface area contributed by atoms with Crippen LogP contribution in [-0.2, 0) is 54.3 Å². The monoisotopic (exact) mass is 828 g/mol. The smallest absolute Gasteiger partial charge is 0.338 e. The van der Waals surface area contributed by atoms with Gasteiger partial charge in [-0.1, -0.05) is 78.9 Å². The molecule has 12 nitrogen and oxygen atoms in total. The Morgan fingerprint density at radius 2 is 1.61 bits per heavy atom. The molecule has 1 saturated heterocycles. The largest absolute Gasteiger partial charge is 0.508 e. The number of amides is 2. The first-order chi connectivity index (χ1) is 29.3. The van der Waals surface area contributed by atoms with Gasteiger partial charge in [-0.15, -0.1) is 0 Å². The number of phenolic OH excluding ortho intramolecular Hbond substituents is 1. The number of fused-ring (bicyclic) bond motifs is 2. The number of hydrogen-bond acceptors (Lipinski definition) is 10. The number of aliphatic hydroxyl groups is 1. The van der Waals surface area contributed by atoms with E-state index in [-0.39, 0.29) is 44.1 Å². The molecule has 1 aliphatic heterocycles. The Balaban J connectivity index is 1.01. The second-order valence-corrected chi connectivity index (χ2v) is 16.8. The molecule has 0 aromatic heterocycles. The molecule has 318 valence electrons. The highest BCUT2D eigenvalue weighted by molar-refractivity contribution is 5.95. The van der Waals surface area contributed by atoms with E-state index in [9.17, 15) is 29.4 Å². The molecule has 7 rings (SSSR count). The third-order valence-corrected chi connectivity index (χ3v) is 10.8. The van der Waals surface area contributed by atoms with Gasteiger partial charge in [0.15, 0.2) is 5.79 Å². The van der Waals surface area contributed by atoms with E-state index in [0.29, 0.717) is 41.5 Å². The predicted molar refractivity (Wildman–Crippen MR) is 227 cm³/mol. The number of ether oxygens (including phenoxy) is 4. The van der Waals surface area contributed by atoms with Crippen LogP contribution in [0, 0.1) is 0 Å². The van der Waals surface area contributed by atoms with Crippen molar-refractivity contribution in [2.45, 2.75) is 102 Å². The van der Waals surface area contributed by atoms with Crippen LogP contribution in [0.1, 0.15) is 88.6 Å². The third-order valence-electron chi connectivity index (χ3n) is 10.8. The van der Waals surface area contributed by atoms with E-state index >= 15 is 0 Å². The van der Waals surface area contributed by atoms with E-state index < -0.39 is 53.6 Å². The molecule has 2 amide bonds. The van der Waals surface area contributed by atoms with E-state index in [1.165, 1.54) is 0 Å². The van der Waals surface area contributed by atoms with E-state index in [4.69, 9.17) is 18.9 Å². The number of rotatable bonds is 14. The van der Waals surface area contributed by atoms with Gasteiger partial charge in [0, 0.05) is 43.4 Å². The summed E-state index contributed by atoms with van der Waals surface area (Å²) in [6.45, 7) is 5.06. The Morgan fingerprint density at radius 3 is 2.34 bits per heavy atom. The minimum atomic E-state index is -0.963. The van der Waals surface area contributed by atoms with Gasteiger partial charge in [0.05, 0.1) is 18.2 Å². The number of nitrogens with one attached hydrogen (secondary N) is 2. The predicted octanol–water partition coefficient (Wildman–Crippen LogP) is 6.31. The standard InChI is InChI=1S/C49H52N2O10/c1-48(2,3)60-43(54)22-21-39(30-52)51-46(56)34-18-10-13-32(24-34)29-50-45(55)38-25-41(44-42(26-38)59-49(61-44)27-36-15-4-5-16-37(36)28-49)58-47(57)35-19-9-12-31(23-35)11-8-17-33-14-6-7-20-40(33)53/h4-16,18-20,23-24,26,39,41-42,44,52-53H,17,21-22,25,27-30H2,1-3H3,(H,50,55)(H,51,56). The maximum absolute atomic E-state index is 13.9. The van der Waals surface area contributed by atoms with Crippen molar-refractivity contribution >= 4 is 29.8 Å². The number of aliphatic hydroxyl groups excluding tert-OH is 1. The molecule has 1 heterocycles. The number of carbonyl (C=O) groups is 4. The van der Waals surface area contributed by atoms with Crippen LogP contribution in [0.5, 0.6) is 5.75 Å². The molecule has 12 heteroatoms. The van der Waals surface area contributed by atoms with Crippen LogP contribution in [0.25, 0.3) is 6.08 Å². The number of esters is 2. The summed E-state index contributed by atoms with van der Waals surface area (Å²) in [4.78, 5) is 53.0. The van der Waals surface area contributed by atoms with E-state index in [1.54, 1.807) is 81.4 Å². The van der Waals surface area contributed by atoms with Crippen molar-refractivity contribution < 1.29 is 48.3 Å². The van der Waals surface area contributed by atoms with Gasteiger partial charge in [-0.05, 0) is 97.8 Å². The Morgan fingerprint density at radius 1 is 0.885 bits per heavy atom. The fraction of sp³-hybridized carbons (Fsp3) is 0.347. The molecule has 0 saturated carbocycles. The molecule has 4 N–H and O–H groups in total. The van der Waals surface area contributed by atoms with Gasteiger partial charge in [-0.3, -0.25) is 14.4 Å². The van der Waals surface area contributed by atoms with Crippen molar-refractivity contribution in [1.29, 1.82) is 0 Å². The molecular formula is C49H52N2O10. The third kappa shape index (κ3) is 11.0. The van der Waals surface area contributed by atoms with Crippen LogP contribution >= 0.6 is 0 Å². The summed E-state index contributed by atoms with van der Waals surface area (Å²) in [5.74, 6) is -2.54. The number of carbonyl (C=O) groups excluding carboxylic acids is 4.